The van der Waals surface area contributed by atoms with Crippen LogP contribution in [0.25, 0.3) is 0 Å². The zero-order valence-electron chi connectivity index (χ0n) is 11.1. The lowest BCUT2D eigenvalue weighted by molar-refractivity contribution is -0.144. The highest BCUT2D eigenvalue weighted by molar-refractivity contribution is 5.89. The molecule has 1 aliphatic heterocycles. The number of benzene rings is 1. The van der Waals surface area contributed by atoms with E-state index in [0.29, 0.717) is 12.0 Å². The van der Waals surface area contributed by atoms with Gasteiger partial charge in [-0.3, -0.25) is 4.79 Å². The third-order valence-electron chi connectivity index (χ3n) is 3.74. The molecule has 0 bridgehead atoms. The summed E-state index contributed by atoms with van der Waals surface area (Å²) in [5.41, 5.74) is 1.05. The van der Waals surface area contributed by atoms with Gasteiger partial charge in [-0.1, -0.05) is 32.0 Å². The molecule has 0 aromatic heterocycles. The Labute approximate surface area is 112 Å². The molecule has 1 N–H and O–H groups in total. The van der Waals surface area contributed by atoms with Crippen molar-refractivity contribution in [3.8, 4) is 0 Å². The van der Waals surface area contributed by atoms with Gasteiger partial charge in [0.05, 0.1) is 11.5 Å². The molecule has 4 heteroatoms. The van der Waals surface area contributed by atoms with Gasteiger partial charge in [-0.15, -0.1) is 0 Å². The second-order valence-electron chi connectivity index (χ2n) is 5.02. The van der Waals surface area contributed by atoms with Crippen molar-refractivity contribution in [3.05, 3.63) is 35.4 Å². The van der Waals surface area contributed by atoms with Crippen molar-refractivity contribution in [2.75, 3.05) is 0 Å². The molecule has 1 unspecified atom stereocenters. The van der Waals surface area contributed by atoms with Crippen molar-refractivity contribution in [1.82, 2.24) is 0 Å². The number of hydrogen-bond acceptors (Lipinski definition) is 3. The van der Waals surface area contributed by atoms with Crippen LogP contribution in [0.15, 0.2) is 24.3 Å². The molecule has 1 aromatic rings. The summed E-state index contributed by atoms with van der Waals surface area (Å²) >= 11 is 0. The Bertz CT molecular complexity index is 495. The molecule has 4 nitrogen and oxygen atoms in total. The zero-order chi connectivity index (χ0) is 14.0. The topological polar surface area (TPSA) is 63.6 Å². The molecular weight excluding hydrogens is 244 g/mol. The van der Waals surface area contributed by atoms with Gasteiger partial charge in [-0.25, -0.2) is 4.79 Å². The van der Waals surface area contributed by atoms with Gasteiger partial charge < -0.3 is 9.84 Å². The molecule has 0 saturated carbocycles. The summed E-state index contributed by atoms with van der Waals surface area (Å²) in [7, 11) is 0. The molecule has 0 amide bonds. The molecule has 102 valence electrons. The summed E-state index contributed by atoms with van der Waals surface area (Å²) in [6.07, 6.45) is 1.19. The molecule has 0 radical (unpaired) electrons. The third-order valence-corrected chi connectivity index (χ3v) is 3.74. The molecule has 1 aliphatic rings. The number of cyclic esters (lactones) is 1. The van der Waals surface area contributed by atoms with Crippen LogP contribution in [0.5, 0.6) is 0 Å². The van der Waals surface area contributed by atoms with E-state index in [-0.39, 0.29) is 23.9 Å². The van der Waals surface area contributed by atoms with E-state index < -0.39 is 5.97 Å². The van der Waals surface area contributed by atoms with Gasteiger partial charge >= 0.3 is 11.9 Å². The standard InChI is InChI=1S/C15H18O4/c1-3-10(13-8-9(2)15(18)19-13)11-6-4-5-7-12(11)14(16)17/h4-7,9-10,13H,3,8H2,1-2H3,(H,16,17)/t9-,10?,13+/m1/s1. The fourth-order valence-electron chi connectivity index (χ4n) is 2.70. The minimum atomic E-state index is -0.938. The number of carboxylic acids is 1. The van der Waals surface area contributed by atoms with Gasteiger partial charge in [0.15, 0.2) is 0 Å². The largest absolute Gasteiger partial charge is 0.478 e. The normalized spacial score (nSPS) is 24.0. The maximum absolute atomic E-state index is 11.5. The average molecular weight is 262 g/mol. The SMILES string of the molecule is CCC(c1ccccc1C(=O)O)[C@@H]1C[C@@H](C)C(=O)O1. The van der Waals surface area contributed by atoms with E-state index >= 15 is 0 Å². The van der Waals surface area contributed by atoms with Crippen LogP contribution in [0.3, 0.4) is 0 Å². The number of carboxylic acid groups (broad SMARTS) is 1. The predicted molar refractivity (Wildman–Crippen MR) is 70.1 cm³/mol. The Morgan fingerprint density at radius 3 is 2.68 bits per heavy atom. The van der Waals surface area contributed by atoms with Gasteiger partial charge in [0.2, 0.25) is 0 Å². The fraction of sp³-hybridized carbons (Fsp3) is 0.467. The lowest BCUT2D eigenvalue weighted by atomic mass is 9.85. The summed E-state index contributed by atoms with van der Waals surface area (Å²) in [6, 6.07) is 6.95. The van der Waals surface area contributed by atoms with Crippen molar-refractivity contribution in [2.45, 2.75) is 38.7 Å². The van der Waals surface area contributed by atoms with Crippen LogP contribution >= 0.6 is 0 Å². The second kappa shape index (κ2) is 5.43. The van der Waals surface area contributed by atoms with E-state index in [1.165, 1.54) is 0 Å². The lowest BCUT2D eigenvalue weighted by Gasteiger charge is -2.23. The lowest BCUT2D eigenvalue weighted by Crippen LogP contribution is -2.20. The van der Waals surface area contributed by atoms with Gasteiger partial charge in [-0.05, 0) is 24.5 Å². The average Bonchev–Trinajstić information content (AvgIpc) is 2.70. The van der Waals surface area contributed by atoms with Crippen molar-refractivity contribution < 1.29 is 19.4 Å². The first-order valence-electron chi connectivity index (χ1n) is 6.57. The van der Waals surface area contributed by atoms with Crippen LogP contribution in [-0.2, 0) is 9.53 Å². The quantitative estimate of drug-likeness (QED) is 0.847. The number of rotatable bonds is 4. The molecule has 2 rings (SSSR count). The Morgan fingerprint density at radius 2 is 2.16 bits per heavy atom. The molecular formula is C15H18O4. The summed E-state index contributed by atoms with van der Waals surface area (Å²) in [5, 5.41) is 9.25. The first-order valence-corrected chi connectivity index (χ1v) is 6.57. The van der Waals surface area contributed by atoms with Crippen molar-refractivity contribution >= 4 is 11.9 Å². The molecule has 1 fully saturated rings. The van der Waals surface area contributed by atoms with Gasteiger partial charge in [-0.2, -0.15) is 0 Å². The van der Waals surface area contributed by atoms with E-state index in [2.05, 4.69) is 0 Å². The number of aromatic carboxylic acids is 1. The summed E-state index contributed by atoms with van der Waals surface area (Å²) in [5.74, 6) is -1.28. The zero-order valence-corrected chi connectivity index (χ0v) is 11.1. The molecule has 1 heterocycles. The highest BCUT2D eigenvalue weighted by atomic mass is 16.6. The number of esters is 1. The van der Waals surface area contributed by atoms with Crippen LogP contribution in [0.4, 0.5) is 0 Å². The summed E-state index contributed by atoms with van der Waals surface area (Å²) < 4.78 is 5.38. The molecule has 3 atom stereocenters. The minimum Gasteiger partial charge on any atom is -0.478 e. The maximum Gasteiger partial charge on any atom is 0.335 e. The first kappa shape index (κ1) is 13.6. The van der Waals surface area contributed by atoms with E-state index in [0.717, 1.165) is 12.0 Å². The van der Waals surface area contributed by atoms with Crippen LogP contribution in [0.2, 0.25) is 0 Å². The van der Waals surface area contributed by atoms with Crippen LogP contribution in [0, 0.1) is 5.92 Å². The van der Waals surface area contributed by atoms with Gasteiger partial charge in [0, 0.05) is 5.92 Å². The Morgan fingerprint density at radius 1 is 1.47 bits per heavy atom. The van der Waals surface area contributed by atoms with E-state index in [1.54, 1.807) is 12.1 Å². The second-order valence-corrected chi connectivity index (χ2v) is 5.02. The Balaban J connectivity index is 2.33. The monoisotopic (exact) mass is 262 g/mol. The van der Waals surface area contributed by atoms with Crippen molar-refractivity contribution in [1.29, 1.82) is 0 Å². The van der Waals surface area contributed by atoms with E-state index in [1.807, 2.05) is 26.0 Å². The number of carbonyl (C=O) groups excluding carboxylic acids is 1. The third kappa shape index (κ3) is 2.62. The number of hydrogen-bond donors (Lipinski definition) is 1. The number of ether oxygens (including phenoxy) is 1. The molecule has 1 aromatic carbocycles. The predicted octanol–water partition coefficient (Wildman–Crippen LogP) is 2.83. The molecule has 0 aliphatic carbocycles. The van der Waals surface area contributed by atoms with Crippen LogP contribution < -0.4 is 0 Å². The number of carbonyl (C=O) groups is 2. The smallest absolute Gasteiger partial charge is 0.335 e. The maximum atomic E-state index is 11.5. The Kier molecular flexibility index (Phi) is 3.88. The fourth-order valence-corrected chi connectivity index (χ4v) is 2.70. The van der Waals surface area contributed by atoms with E-state index in [4.69, 9.17) is 4.74 Å². The van der Waals surface area contributed by atoms with Gasteiger partial charge in [0.1, 0.15) is 6.10 Å². The van der Waals surface area contributed by atoms with Crippen LogP contribution in [0.1, 0.15) is 48.5 Å². The van der Waals surface area contributed by atoms with Crippen molar-refractivity contribution in [2.24, 2.45) is 5.92 Å². The van der Waals surface area contributed by atoms with Crippen molar-refractivity contribution in [3.63, 3.8) is 0 Å². The molecule has 1 saturated heterocycles. The minimum absolute atomic E-state index is 0.0544. The highest BCUT2D eigenvalue weighted by Crippen LogP contribution is 2.35. The summed E-state index contributed by atoms with van der Waals surface area (Å²) in [4.78, 5) is 22.8. The molecule has 19 heavy (non-hydrogen) atoms. The van der Waals surface area contributed by atoms with E-state index in [9.17, 15) is 14.7 Å². The van der Waals surface area contributed by atoms with Gasteiger partial charge in [0.25, 0.3) is 0 Å². The first-order chi connectivity index (χ1) is 9.04. The molecule has 0 spiro atoms. The Hall–Kier alpha value is -1.84. The highest BCUT2D eigenvalue weighted by Gasteiger charge is 2.37. The van der Waals surface area contributed by atoms with Crippen LogP contribution in [-0.4, -0.2) is 23.1 Å². The summed E-state index contributed by atoms with van der Waals surface area (Å²) in [6.45, 7) is 3.83.